The van der Waals surface area contributed by atoms with Gasteiger partial charge in [-0.05, 0) is 43.1 Å². The summed E-state index contributed by atoms with van der Waals surface area (Å²) in [5.74, 6) is 1.46. The van der Waals surface area contributed by atoms with Crippen LogP contribution in [0.1, 0.15) is 23.7 Å². The van der Waals surface area contributed by atoms with Crippen LogP contribution in [0.3, 0.4) is 0 Å². The number of nitrogens with one attached hydrogen (secondary N) is 2. The monoisotopic (exact) mass is 367 g/mol. The lowest BCUT2D eigenvalue weighted by Crippen LogP contribution is -2.55. The number of carbonyl (C=O) groups is 2. The van der Waals surface area contributed by atoms with Crippen LogP contribution >= 0.6 is 23.4 Å². The number of thioether (sulfide) groups is 1. The van der Waals surface area contributed by atoms with Crippen molar-refractivity contribution in [2.45, 2.75) is 25.4 Å². The van der Waals surface area contributed by atoms with E-state index in [1.807, 2.05) is 0 Å². The highest BCUT2D eigenvalue weighted by Gasteiger charge is 2.36. The van der Waals surface area contributed by atoms with Crippen LogP contribution in [0.25, 0.3) is 0 Å². The van der Waals surface area contributed by atoms with E-state index in [0.717, 1.165) is 19.5 Å². The van der Waals surface area contributed by atoms with Crippen molar-refractivity contribution in [2.24, 2.45) is 5.92 Å². The summed E-state index contributed by atoms with van der Waals surface area (Å²) in [5.41, 5.74) is 0.562. The molecule has 0 radical (unpaired) electrons. The maximum atomic E-state index is 12.7. The van der Waals surface area contributed by atoms with Crippen molar-refractivity contribution in [2.75, 3.05) is 24.7 Å². The van der Waals surface area contributed by atoms with Gasteiger partial charge in [0.25, 0.3) is 5.91 Å². The molecule has 2 amide bonds. The van der Waals surface area contributed by atoms with Gasteiger partial charge in [0.1, 0.15) is 6.04 Å². The SMILES string of the molecule is CC1CCNCC1NC(=O)C1CSCN1C(=O)c1ccc(Cl)cc1. The molecule has 2 aliphatic rings. The molecule has 3 unspecified atom stereocenters. The Hall–Kier alpha value is -1.24. The van der Waals surface area contributed by atoms with Gasteiger partial charge in [-0.15, -0.1) is 11.8 Å². The Labute approximate surface area is 151 Å². The van der Waals surface area contributed by atoms with Crippen molar-refractivity contribution in [3.05, 3.63) is 34.9 Å². The largest absolute Gasteiger partial charge is 0.350 e. The Balaban J connectivity index is 1.67. The molecule has 5 nitrogen and oxygen atoms in total. The van der Waals surface area contributed by atoms with Gasteiger partial charge in [0.05, 0.1) is 5.88 Å². The summed E-state index contributed by atoms with van der Waals surface area (Å²) in [6.07, 6.45) is 1.05. The minimum atomic E-state index is -0.410. The lowest BCUT2D eigenvalue weighted by molar-refractivity contribution is -0.125. The summed E-state index contributed by atoms with van der Waals surface area (Å²) in [7, 11) is 0. The molecule has 0 aliphatic carbocycles. The lowest BCUT2D eigenvalue weighted by atomic mass is 9.94. The van der Waals surface area contributed by atoms with Crippen LogP contribution in [0.15, 0.2) is 24.3 Å². The molecule has 2 aliphatic heterocycles. The predicted molar refractivity (Wildman–Crippen MR) is 97.3 cm³/mol. The van der Waals surface area contributed by atoms with Crippen molar-refractivity contribution in [1.29, 1.82) is 0 Å². The first-order valence-electron chi connectivity index (χ1n) is 8.21. The minimum Gasteiger partial charge on any atom is -0.350 e. The van der Waals surface area contributed by atoms with E-state index in [0.29, 0.717) is 28.1 Å². The third-order valence-electron chi connectivity index (χ3n) is 4.69. The first-order valence-corrected chi connectivity index (χ1v) is 9.75. The molecule has 0 bridgehead atoms. The van der Waals surface area contributed by atoms with Crippen molar-refractivity contribution in [3.63, 3.8) is 0 Å². The van der Waals surface area contributed by atoms with E-state index in [4.69, 9.17) is 11.6 Å². The lowest BCUT2D eigenvalue weighted by Gasteiger charge is -2.32. The molecule has 3 atom stereocenters. The molecule has 24 heavy (non-hydrogen) atoms. The molecule has 130 valence electrons. The van der Waals surface area contributed by atoms with Crippen LogP contribution in [0.4, 0.5) is 0 Å². The summed E-state index contributed by atoms with van der Waals surface area (Å²) in [4.78, 5) is 27.1. The zero-order valence-electron chi connectivity index (χ0n) is 13.6. The molecule has 2 N–H and O–H groups in total. The smallest absolute Gasteiger partial charge is 0.255 e. The Bertz CT molecular complexity index is 610. The average molecular weight is 368 g/mol. The average Bonchev–Trinajstić information content (AvgIpc) is 3.07. The quantitative estimate of drug-likeness (QED) is 0.857. The second-order valence-corrected chi connectivity index (χ2v) is 7.82. The van der Waals surface area contributed by atoms with E-state index in [1.165, 1.54) is 0 Å². The molecule has 2 heterocycles. The number of halogens is 1. The zero-order valence-corrected chi connectivity index (χ0v) is 15.2. The van der Waals surface area contributed by atoms with Gasteiger partial charge in [-0.3, -0.25) is 9.59 Å². The first kappa shape index (κ1) is 17.6. The Morgan fingerprint density at radius 2 is 2.08 bits per heavy atom. The molecule has 1 aromatic rings. The summed E-state index contributed by atoms with van der Waals surface area (Å²) >= 11 is 7.49. The molecule has 3 rings (SSSR count). The van der Waals surface area contributed by atoms with E-state index >= 15 is 0 Å². The molecule has 0 saturated carbocycles. The third-order valence-corrected chi connectivity index (χ3v) is 5.96. The highest BCUT2D eigenvalue weighted by Crippen LogP contribution is 2.24. The van der Waals surface area contributed by atoms with Gasteiger partial charge < -0.3 is 15.5 Å². The predicted octanol–water partition coefficient (Wildman–Crippen LogP) is 1.97. The molecule has 2 fully saturated rings. The fourth-order valence-corrected chi connectivity index (χ4v) is 4.36. The highest BCUT2D eigenvalue weighted by atomic mass is 35.5. The molecule has 0 aromatic heterocycles. The molecule has 0 spiro atoms. The van der Waals surface area contributed by atoms with Gasteiger partial charge in [0.2, 0.25) is 5.91 Å². The number of amides is 2. The zero-order chi connectivity index (χ0) is 17.1. The number of rotatable bonds is 3. The van der Waals surface area contributed by atoms with Gasteiger partial charge in [0.15, 0.2) is 0 Å². The number of hydrogen-bond acceptors (Lipinski definition) is 4. The van der Waals surface area contributed by atoms with Gasteiger partial charge in [-0.1, -0.05) is 18.5 Å². The van der Waals surface area contributed by atoms with Crippen molar-refractivity contribution >= 4 is 35.2 Å². The van der Waals surface area contributed by atoms with E-state index in [2.05, 4.69) is 17.6 Å². The third kappa shape index (κ3) is 3.87. The van der Waals surface area contributed by atoms with Crippen molar-refractivity contribution in [1.82, 2.24) is 15.5 Å². The maximum absolute atomic E-state index is 12.7. The van der Waals surface area contributed by atoms with Gasteiger partial charge >= 0.3 is 0 Å². The molecule has 2 saturated heterocycles. The fourth-order valence-electron chi connectivity index (χ4n) is 3.08. The Kier molecular flexibility index (Phi) is 5.69. The topological polar surface area (TPSA) is 61.4 Å². The molecule has 1 aromatic carbocycles. The number of piperidine rings is 1. The van der Waals surface area contributed by atoms with E-state index in [9.17, 15) is 9.59 Å². The van der Waals surface area contributed by atoms with Crippen LogP contribution in [0.2, 0.25) is 5.02 Å². The Morgan fingerprint density at radius 1 is 1.33 bits per heavy atom. The van der Waals surface area contributed by atoms with Crippen molar-refractivity contribution < 1.29 is 9.59 Å². The molecular formula is C17H22ClN3O2S. The Morgan fingerprint density at radius 3 is 2.79 bits per heavy atom. The van der Waals surface area contributed by atoms with Crippen LogP contribution in [0, 0.1) is 5.92 Å². The fraction of sp³-hybridized carbons (Fsp3) is 0.529. The first-order chi connectivity index (χ1) is 11.6. The van der Waals surface area contributed by atoms with E-state index in [-0.39, 0.29) is 17.9 Å². The van der Waals surface area contributed by atoms with Gasteiger partial charge in [-0.2, -0.15) is 0 Å². The summed E-state index contributed by atoms with van der Waals surface area (Å²) in [6.45, 7) is 3.94. The van der Waals surface area contributed by atoms with E-state index in [1.54, 1.807) is 40.9 Å². The minimum absolute atomic E-state index is 0.0529. The van der Waals surface area contributed by atoms with Gasteiger partial charge in [0, 0.05) is 28.9 Å². The number of benzene rings is 1. The van der Waals surface area contributed by atoms with Crippen LogP contribution in [-0.2, 0) is 4.79 Å². The second kappa shape index (κ2) is 7.76. The summed E-state index contributed by atoms with van der Waals surface area (Å²) in [6, 6.07) is 6.52. The molecule has 7 heteroatoms. The van der Waals surface area contributed by atoms with Crippen molar-refractivity contribution in [3.8, 4) is 0 Å². The van der Waals surface area contributed by atoms with E-state index < -0.39 is 6.04 Å². The summed E-state index contributed by atoms with van der Waals surface area (Å²) in [5, 5.41) is 7.03. The number of hydrogen-bond donors (Lipinski definition) is 2. The standard InChI is InChI=1S/C17H22ClN3O2S/c1-11-6-7-19-8-14(11)20-16(22)15-9-24-10-21(15)17(23)12-2-4-13(18)5-3-12/h2-5,11,14-15,19H,6-10H2,1H3,(H,20,22). The van der Waals surface area contributed by atoms with Crippen LogP contribution in [-0.4, -0.2) is 53.5 Å². The number of carbonyl (C=O) groups excluding carboxylic acids is 2. The summed E-state index contributed by atoms with van der Waals surface area (Å²) < 4.78 is 0. The molecular weight excluding hydrogens is 346 g/mol. The normalized spacial score (nSPS) is 27.1. The maximum Gasteiger partial charge on any atom is 0.255 e. The van der Waals surface area contributed by atoms with Crippen LogP contribution < -0.4 is 10.6 Å². The van der Waals surface area contributed by atoms with Crippen LogP contribution in [0.5, 0.6) is 0 Å². The number of nitrogens with zero attached hydrogens (tertiary/aromatic N) is 1. The highest BCUT2D eigenvalue weighted by molar-refractivity contribution is 7.99. The second-order valence-electron chi connectivity index (χ2n) is 6.38. The van der Waals surface area contributed by atoms with Gasteiger partial charge in [-0.25, -0.2) is 0 Å².